The van der Waals surface area contributed by atoms with Gasteiger partial charge in [0.1, 0.15) is 5.82 Å². The van der Waals surface area contributed by atoms with Crippen LogP contribution in [0.15, 0.2) is 64.2 Å². The first-order valence-corrected chi connectivity index (χ1v) is 9.63. The zero-order chi connectivity index (χ0) is 19.4. The average Bonchev–Trinajstić information content (AvgIpc) is 2.66. The van der Waals surface area contributed by atoms with Crippen LogP contribution in [0.25, 0.3) is 0 Å². The van der Waals surface area contributed by atoms with E-state index in [1.807, 2.05) is 30.3 Å². The molecule has 0 fully saturated rings. The van der Waals surface area contributed by atoms with Crippen LogP contribution in [0.1, 0.15) is 30.9 Å². The molecule has 27 heavy (non-hydrogen) atoms. The van der Waals surface area contributed by atoms with Crippen LogP contribution in [-0.2, 0) is 9.53 Å². The third-order valence-electron chi connectivity index (χ3n) is 4.19. The Hall–Kier alpha value is -2.80. The molecule has 2 N–H and O–H groups in total. The highest BCUT2D eigenvalue weighted by Gasteiger charge is 2.36. The summed E-state index contributed by atoms with van der Waals surface area (Å²) < 4.78 is 5.25. The van der Waals surface area contributed by atoms with Crippen LogP contribution in [0.2, 0.25) is 0 Å². The van der Waals surface area contributed by atoms with Crippen molar-refractivity contribution in [2.45, 2.75) is 24.9 Å². The van der Waals surface area contributed by atoms with Gasteiger partial charge in [-0.25, -0.2) is 9.78 Å². The number of H-pyrrole nitrogens is 1. The Balaban J connectivity index is 2.18. The maximum atomic E-state index is 12.9. The van der Waals surface area contributed by atoms with Gasteiger partial charge in [0, 0.05) is 11.4 Å². The smallest absolute Gasteiger partial charge is 0.336 e. The number of aromatic amines is 1. The van der Waals surface area contributed by atoms with Gasteiger partial charge >= 0.3 is 5.97 Å². The predicted molar refractivity (Wildman–Crippen MR) is 107 cm³/mol. The summed E-state index contributed by atoms with van der Waals surface area (Å²) in [6, 6.07) is 9.44. The largest absolute Gasteiger partial charge is 0.463 e. The van der Waals surface area contributed by atoms with Crippen molar-refractivity contribution in [3.05, 3.63) is 75.7 Å². The fraction of sp³-hybridized carbons (Fsp3) is 0.250. The SMILES string of the molecule is C=CCSc1nc2c(c(=O)[nH]1)C(c1ccccc1)C(C(=O)OCC)=C(C)N2. The van der Waals surface area contributed by atoms with Crippen molar-refractivity contribution in [2.24, 2.45) is 0 Å². The number of rotatable bonds is 6. The van der Waals surface area contributed by atoms with E-state index in [0.717, 1.165) is 5.56 Å². The Morgan fingerprint density at radius 1 is 1.37 bits per heavy atom. The predicted octanol–water partition coefficient (Wildman–Crippen LogP) is 3.44. The summed E-state index contributed by atoms with van der Waals surface area (Å²) in [6.07, 6.45) is 1.74. The lowest BCUT2D eigenvalue weighted by Crippen LogP contribution is -2.31. The molecule has 3 rings (SSSR count). The first-order chi connectivity index (χ1) is 13.1. The van der Waals surface area contributed by atoms with Gasteiger partial charge in [-0.05, 0) is 19.4 Å². The Morgan fingerprint density at radius 3 is 2.78 bits per heavy atom. The molecule has 0 aliphatic carbocycles. The van der Waals surface area contributed by atoms with Crippen molar-refractivity contribution in [1.29, 1.82) is 0 Å². The highest BCUT2D eigenvalue weighted by molar-refractivity contribution is 7.99. The number of nitrogens with zero attached hydrogens (tertiary/aromatic N) is 1. The molecule has 0 radical (unpaired) electrons. The standard InChI is InChI=1S/C20H21N3O3S/c1-4-11-27-20-22-17-16(18(24)23-20)15(13-9-7-6-8-10-13)14(12(3)21-17)19(25)26-5-2/h4,6-10,15H,1,5,11H2,2-3H3,(H2,21,22,23,24). The van der Waals surface area contributed by atoms with Crippen molar-refractivity contribution < 1.29 is 9.53 Å². The minimum absolute atomic E-state index is 0.260. The monoisotopic (exact) mass is 383 g/mol. The number of benzene rings is 1. The molecule has 1 aromatic carbocycles. The highest BCUT2D eigenvalue weighted by atomic mass is 32.2. The van der Waals surface area contributed by atoms with Crippen LogP contribution in [0.4, 0.5) is 5.82 Å². The summed E-state index contributed by atoms with van der Waals surface area (Å²) in [6.45, 7) is 7.49. The molecule has 1 atom stereocenters. The maximum absolute atomic E-state index is 12.9. The third kappa shape index (κ3) is 3.83. The summed E-state index contributed by atoms with van der Waals surface area (Å²) in [5.41, 5.74) is 2.03. The summed E-state index contributed by atoms with van der Waals surface area (Å²) in [4.78, 5) is 32.9. The molecular weight excluding hydrogens is 362 g/mol. The molecule has 0 saturated heterocycles. The molecule has 2 heterocycles. The number of nitrogens with one attached hydrogen (secondary N) is 2. The number of hydrogen-bond donors (Lipinski definition) is 2. The van der Waals surface area contributed by atoms with E-state index in [0.29, 0.717) is 33.6 Å². The number of hydrogen-bond acceptors (Lipinski definition) is 6. The Bertz CT molecular complexity index is 951. The number of anilines is 1. The van der Waals surface area contributed by atoms with Crippen molar-refractivity contribution in [2.75, 3.05) is 17.7 Å². The Morgan fingerprint density at radius 2 is 2.11 bits per heavy atom. The van der Waals surface area contributed by atoms with Crippen molar-refractivity contribution in [1.82, 2.24) is 9.97 Å². The van der Waals surface area contributed by atoms with Crippen LogP contribution in [-0.4, -0.2) is 28.3 Å². The number of ether oxygens (including phenoxy) is 1. The zero-order valence-electron chi connectivity index (χ0n) is 15.2. The van der Waals surface area contributed by atoms with E-state index in [4.69, 9.17) is 4.74 Å². The normalized spacial score (nSPS) is 15.7. The first-order valence-electron chi connectivity index (χ1n) is 8.64. The topological polar surface area (TPSA) is 84.1 Å². The summed E-state index contributed by atoms with van der Waals surface area (Å²) in [5, 5.41) is 3.62. The lowest BCUT2D eigenvalue weighted by molar-refractivity contribution is -0.138. The lowest BCUT2D eigenvalue weighted by Gasteiger charge is -2.28. The molecule has 0 amide bonds. The lowest BCUT2D eigenvalue weighted by atomic mass is 9.82. The third-order valence-corrected chi connectivity index (χ3v) is 5.06. The second-order valence-electron chi connectivity index (χ2n) is 5.96. The van der Waals surface area contributed by atoms with Gasteiger partial charge in [-0.3, -0.25) is 4.79 Å². The number of carbonyl (C=O) groups is 1. The van der Waals surface area contributed by atoms with Crippen LogP contribution in [0, 0.1) is 0 Å². The minimum atomic E-state index is -0.545. The molecule has 0 spiro atoms. The van der Waals surface area contributed by atoms with Crippen molar-refractivity contribution >= 4 is 23.5 Å². The molecule has 6 nitrogen and oxygen atoms in total. The number of carbonyl (C=O) groups excluding carboxylic acids is 1. The van der Waals surface area contributed by atoms with Gasteiger partial charge in [0.2, 0.25) is 0 Å². The highest BCUT2D eigenvalue weighted by Crippen LogP contribution is 2.39. The summed E-state index contributed by atoms with van der Waals surface area (Å²) in [7, 11) is 0. The van der Waals surface area contributed by atoms with E-state index in [2.05, 4.69) is 21.9 Å². The van der Waals surface area contributed by atoms with E-state index in [-0.39, 0.29) is 12.2 Å². The van der Waals surface area contributed by atoms with Gasteiger partial charge in [-0.1, -0.05) is 48.2 Å². The Labute approximate surface area is 161 Å². The van der Waals surface area contributed by atoms with Gasteiger partial charge in [-0.15, -0.1) is 6.58 Å². The van der Waals surface area contributed by atoms with E-state index in [1.54, 1.807) is 19.9 Å². The molecule has 1 aliphatic rings. The molecule has 7 heteroatoms. The molecule has 0 saturated carbocycles. The van der Waals surface area contributed by atoms with Gasteiger partial charge in [0.25, 0.3) is 5.56 Å². The average molecular weight is 383 g/mol. The first kappa shape index (κ1) is 19.0. The minimum Gasteiger partial charge on any atom is -0.463 e. The number of esters is 1. The van der Waals surface area contributed by atoms with E-state index < -0.39 is 11.9 Å². The number of aromatic nitrogens is 2. The quantitative estimate of drug-likeness (QED) is 0.344. The fourth-order valence-electron chi connectivity index (χ4n) is 3.10. The number of thioether (sulfide) groups is 1. The molecule has 0 bridgehead atoms. The fourth-order valence-corrected chi connectivity index (χ4v) is 3.69. The summed E-state index contributed by atoms with van der Waals surface area (Å²) >= 11 is 1.39. The van der Waals surface area contributed by atoms with Crippen LogP contribution >= 0.6 is 11.8 Å². The second-order valence-corrected chi connectivity index (χ2v) is 6.97. The van der Waals surface area contributed by atoms with Gasteiger partial charge in [0.05, 0.1) is 23.7 Å². The molecule has 2 aromatic rings. The van der Waals surface area contributed by atoms with Crippen LogP contribution in [0.3, 0.4) is 0 Å². The van der Waals surface area contributed by atoms with Crippen molar-refractivity contribution in [3.8, 4) is 0 Å². The molecule has 1 aromatic heterocycles. The van der Waals surface area contributed by atoms with E-state index >= 15 is 0 Å². The zero-order valence-corrected chi connectivity index (χ0v) is 16.1. The molecular formula is C20H21N3O3S. The van der Waals surface area contributed by atoms with E-state index in [9.17, 15) is 9.59 Å². The second kappa shape index (κ2) is 8.26. The number of allylic oxidation sites excluding steroid dienone is 1. The van der Waals surface area contributed by atoms with Crippen molar-refractivity contribution in [3.63, 3.8) is 0 Å². The molecule has 1 unspecified atom stereocenters. The van der Waals surface area contributed by atoms with Crippen LogP contribution in [0.5, 0.6) is 0 Å². The Kier molecular flexibility index (Phi) is 5.81. The van der Waals surface area contributed by atoms with Gasteiger partial charge in [0.15, 0.2) is 5.16 Å². The summed E-state index contributed by atoms with van der Waals surface area (Å²) in [5.74, 6) is 0.111. The van der Waals surface area contributed by atoms with E-state index in [1.165, 1.54) is 11.8 Å². The number of fused-ring (bicyclic) bond motifs is 1. The van der Waals surface area contributed by atoms with Gasteiger partial charge < -0.3 is 15.0 Å². The maximum Gasteiger partial charge on any atom is 0.336 e. The molecule has 1 aliphatic heterocycles. The molecule has 140 valence electrons. The van der Waals surface area contributed by atoms with Gasteiger partial charge in [-0.2, -0.15) is 0 Å². The van der Waals surface area contributed by atoms with Crippen LogP contribution < -0.4 is 10.9 Å².